The van der Waals surface area contributed by atoms with Gasteiger partial charge < -0.3 is 14.4 Å². The minimum atomic E-state index is -0.383. The van der Waals surface area contributed by atoms with Crippen molar-refractivity contribution >= 4 is 0 Å². The molecule has 5 heteroatoms. The SMILES string of the molecule is COc1cccc(-c2noc(C3CCCCCC3O)n2)c1. The van der Waals surface area contributed by atoms with Gasteiger partial charge in [-0.05, 0) is 25.0 Å². The second-order valence-corrected chi connectivity index (χ2v) is 5.50. The number of aliphatic hydroxyl groups is 1. The van der Waals surface area contributed by atoms with Crippen LogP contribution >= 0.6 is 0 Å². The van der Waals surface area contributed by atoms with Gasteiger partial charge in [0.1, 0.15) is 5.75 Å². The number of hydrogen-bond donors (Lipinski definition) is 1. The summed E-state index contributed by atoms with van der Waals surface area (Å²) in [7, 11) is 1.63. The van der Waals surface area contributed by atoms with Crippen molar-refractivity contribution in [3.63, 3.8) is 0 Å². The van der Waals surface area contributed by atoms with Gasteiger partial charge in [-0.15, -0.1) is 0 Å². The van der Waals surface area contributed by atoms with Crippen LogP contribution in [0.1, 0.15) is 43.9 Å². The fourth-order valence-electron chi connectivity index (χ4n) is 2.84. The van der Waals surface area contributed by atoms with E-state index in [4.69, 9.17) is 9.26 Å². The summed E-state index contributed by atoms with van der Waals surface area (Å²) < 4.78 is 10.6. The average molecular weight is 288 g/mol. The van der Waals surface area contributed by atoms with E-state index in [0.717, 1.165) is 43.4 Å². The van der Waals surface area contributed by atoms with Crippen molar-refractivity contribution in [1.82, 2.24) is 10.1 Å². The van der Waals surface area contributed by atoms with Crippen LogP contribution in [0.4, 0.5) is 0 Å². The molecule has 0 amide bonds. The summed E-state index contributed by atoms with van der Waals surface area (Å²) in [6.07, 6.45) is 4.64. The number of aliphatic hydroxyl groups excluding tert-OH is 1. The molecule has 21 heavy (non-hydrogen) atoms. The van der Waals surface area contributed by atoms with E-state index in [0.29, 0.717) is 11.7 Å². The van der Waals surface area contributed by atoms with Crippen LogP contribution in [0.5, 0.6) is 5.75 Å². The Morgan fingerprint density at radius 2 is 2.10 bits per heavy atom. The Labute approximate surface area is 123 Å². The molecule has 1 aliphatic carbocycles. The van der Waals surface area contributed by atoms with Gasteiger partial charge in [-0.2, -0.15) is 4.98 Å². The van der Waals surface area contributed by atoms with Crippen molar-refractivity contribution in [2.45, 2.75) is 44.1 Å². The first kappa shape index (κ1) is 14.1. The lowest BCUT2D eigenvalue weighted by atomic mass is 9.97. The Bertz CT molecular complexity index is 597. The van der Waals surface area contributed by atoms with Gasteiger partial charge in [-0.1, -0.05) is 36.6 Å². The second kappa shape index (κ2) is 6.26. The van der Waals surface area contributed by atoms with Crippen LogP contribution in [0.25, 0.3) is 11.4 Å². The van der Waals surface area contributed by atoms with Gasteiger partial charge in [0.15, 0.2) is 0 Å². The normalized spacial score (nSPS) is 22.8. The summed E-state index contributed by atoms with van der Waals surface area (Å²) in [6.45, 7) is 0. The predicted molar refractivity (Wildman–Crippen MR) is 78.1 cm³/mol. The minimum Gasteiger partial charge on any atom is -0.497 e. The van der Waals surface area contributed by atoms with Gasteiger partial charge >= 0.3 is 0 Å². The van der Waals surface area contributed by atoms with Crippen molar-refractivity contribution < 1.29 is 14.4 Å². The van der Waals surface area contributed by atoms with Gasteiger partial charge in [0.05, 0.1) is 19.1 Å². The predicted octanol–water partition coefficient (Wildman–Crippen LogP) is 3.15. The second-order valence-electron chi connectivity index (χ2n) is 5.50. The highest BCUT2D eigenvalue weighted by atomic mass is 16.5. The van der Waals surface area contributed by atoms with Crippen LogP contribution in [-0.4, -0.2) is 28.5 Å². The smallest absolute Gasteiger partial charge is 0.232 e. The molecule has 3 rings (SSSR count). The molecule has 1 aromatic heterocycles. The van der Waals surface area contributed by atoms with Gasteiger partial charge in [0.25, 0.3) is 0 Å². The number of aromatic nitrogens is 2. The molecule has 1 aliphatic rings. The molecule has 5 nitrogen and oxygen atoms in total. The average Bonchev–Trinajstić information content (AvgIpc) is 2.90. The number of hydrogen-bond acceptors (Lipinski definition) is 5. The first-order chi connectivity index (χ1) is 10.3. The largest absolute Gasteiger partial charge is 0.497 e. The molecule has 2 atom stereocenters. The molecule has 0 aliphatic heterocycles. The molecular formula is C16H20N2O3. The Kier molecular flexibility index (Phi) is 4.20. The standard InChI is InChI=1S/C16H20N2O3/c1-20-12-7-5-6-11(10-12)15-17-16(21-18-15)13-8-3-2-4-9-14(13)19/h5-7,10,13-14,19H,2-4,8-9H2,1H3. The highest BCUT2D eigenvalue weighted by Gasteiger charge is 2.28. The molecule has 0 spiro atoms. The number of nitrogens with zero attached hydrogens (tertiary/aromatic N) is 2. The summed E-state index contributed by atoms with van der Waals surface area (Å²) in [5.41, 5.74) is 0.854. The van der Waals surface area contributed by atoms with Crippen molar-refractivity contribution in [2.75, 3.05) is 7.11 Å². The van der Waals surface area contributed by atoms with Crippen LogP contribution in [0.2, 0.25) is 0 Å². The first-order valence-electron chi connectivity index (χ1n) is 7.44. The van der Waals surface area contributed by atoms with Crippen molar-refractivity contribution in [2.24, 2.45) is 0 Å². The number of benzene rings is 1. The fourth-order valence-corrected chi connectivity index (χ4v) is 2.84. The Morgan fingerprint density at radius 3 is 2.95 bits per heavy atom. The minimum absolute atomic E-state index is 0.0423. The van der Waals surface area contributed by atoms with Gasteiger partial charge in [0, 0.05) is 5.56 Å². The van der Waals surface area contributed by atoms with Crippen LogP contribution in [-0.2, 0) is 0 Å². The van der Waals surface area contributed by atoms with Gasteiger partial charge in [-0.3, -0.25) is 0 Å². The Morgan fingerprint density at radius 1 is 1.24 bits per heavy atom. The van der Waals surface area contributed by atoms with E-state index in [-0.39, 0.29) is 12.0 Å². The zero-order valence-corrected chi connectivity index (χ0v) is 12.2. The fraction of sp³-hybridized carbons (Fsp3) is 0.500. The molecule has 1 fully saturated rings. The molecule has 1 heterocycles. The van der Waals surface area contributed by atoms with Crippen LogP contribution < -0.4 is 4.74 Å². The third kappa shape index (κ3) is 3.08. The maximum absolute atomic E-state index is 10.2. The first-order valence-corrected chi connectivity index (χ1v) is 7.44. The maximum Gasteiger partial charge on any atom is 0.232 e. The quantitative estimate of drug-likeness (QED) is 0.879. The molecule has 1 aromatic carbocycles. The van der Waals surface area contributed by atoms with E-state index < -0.39 is 0 Å². The highest BCUT2D eigenvalue weighted by Crippen LogP contribution is 2.32. The summed E-state index contributed by atoms with van der Waals surface area (Å²) in [6, 6.07) is 7.56. The molecule has 0 saturated heterocycles. The van der Waals surface area contributed by atoms with Crippen molar-refractivity contribution in [3.05, 3.63) is 30.2 Å². The van der Waals surface area contributed by atoms with E-state index in [2.05, 4.69) is 10.1 Å². The van der Waals surface area contributed by atoms with Gasteiger partial charge in [0.2, 0.25) is 11.7 Å². The van der Waals surface area contributed by atoms with Gasteiger partial charge in [-0.25, -0.2) is 0 Å². The van der Waals surface area contributed by atoms with E-state index in [1.807, 2.05) is 24.3 Å². The monoisotopic (exact) mass is 288 g/mol. The van der Waals surface area contributed by atoms with E-state index in [9.17, 15) is 5.11 Å². The zero-order chi connectivity index (χ0) is 14.7. The lowest BCUT2D eigenvalue weighted by Crippen LogP contribution is -2.17. The number of ether oxygens (including phenoxy) is 1. The molecule has 2 unspecified atom stereocenters. The van der Waals surface area contributed by atoms with Crippen LogP contribution in [0, 0.1) is 0 Å². The maximum atomic E-state index is 10.2. The van der Waals surface area contributed by atoms with Crippen molar-refractivity contribution in [1.29, 1.82) is 0 Å². The molecule has 1 saturated carbocycles. The summed E-state index contributed by atoms with van der Waals surface area (Å²) in [5, 5.41) is 14.3. The van der Waals surface area contributed by atoms with E-state index >= 15 is 0 Å². The number of rotatable bonds is 3. The summed E-state index contributed by atoms with van der Waals surface area (Å²) in [5.74, 6) is 1.80. The van der Waals surface area contributed by atoms with E-state index in [1.54, 1.807) is 7.11 Å². The lowest BCUT2D eigenvalue weighted by molar-refractivity contribution is 0.119. The van der Waals surface area contributed by atoms with E-state index in [1.165, 1.54) is 0 Å². The van der Waals surface area contributed by atoms with Crippen LogP contribution in [0.3, 0.4) is 0 Å². The lowest BCUT2D eigenvalue weighted by Gasteiger charge is -2.15. The molecular weight excluding hydrogens is 268 g/mol. The topological polar surface area (TPSA) is 68.4 Å². The summed E-state index contributed by atoms with van der Waals surface area (Å²) in [4.78, 5) is 4.48. The highest BCUT2D eigenvalue weighted by molar-refractivity contribution is 5.56. The molecule has 0 radical (unpaired) electrons. The zero-order valence-electron chi connectivity index (χ0n) is 12.2. The number of methoxy groups -OCH3 is 1. The van der Waals surface area contributed by atoms with Crippen molar-refractivity contribution in [3.8, 4) is 17.1 Å². The molecule has 2 aromatic rings. The Balaban J connectivity index is 1.85. The third-order valence-electron chi connectivity index (χ3n) is 4.07. The molecule has 1 N–H and O–H groups in total. The molecule has 112 valence electrons. The van der Waals surface area contributed by atoms with Crippen LogP contribution in [0.15, 0.2) is 28.8 Å². The summed E-state index contributed by atoms with van der Waals surface area (Å²) >= 11 is 0. The molecule has 0 bridgehead atoms. The Hall–Kier alpha value is -1.88. The third-order valence-corrected chi connectivity index (χ3v) is 4.07.